The molecule has 2 heterocycles. The number of imide groups is 1. The fourth-order valence-corrected chi connectivity index (χ4v) is 2.86. The van der Waals surface area contributed by atoms with Crippen molar-refractivity contribution < 1.29 is 14.3 Å². The van der Waals surface area contributed by atoms with E-state index in [0.29, 0.717) is 17.3 Å². The summed E-state index contributed by atoms with van der Waals surface area (Å²) >= 11 is 5.83. The number of ether oxygens (including phenoxy) is 1. The number of halogens is 1. The first-order chi connectivity index (χ1) is 10.1. The van der Waals surface area contributed by atoms with Crippen molar-refractivity contribution in [2.45, 2.75) is 31.4 Å². The molecule has 0 saturated carbocycles. The summed E-state index contributed by atoms with van der Waals surface area (Å²) in [6, 6.07) is 6.24. The summed E-state index contributed by atoms with van der Waals surface area (Å²) in [4.78, 5) is 25.7. The summed E-state index contributed by atoms with van der Waals surface area (Å²) in [5, 5.41) is 3.73. The molecule has 0 aliphatic carbocycles. The van der Waals surface area contributed by atoms with Crippen LogP contribution in [0.1, 0.15) is 19.3 Å². The third-order valence-electron chi connectivity index (χ3n) is 3.85. The van der Waals surface area contributed by atoms with Crippen LogP contribution in [0.3, 0.4) is 0 Å². The zero-order chi connectivity index (χ0) is 14.8. The van der Waals surface area contributed by atoms with E-state index in [2.05, 4.69) is 5.32 Å². The lowest BCUT2D eigenvalue weighted by molar-refractivity contribution is -0.121. The average molecular weight is 309 g/mol. The van der Waals surface area contributed by atoms with Gasteiger partial charge in [0.2, 0.25) is 5.91 Å². The third-order valence-corrected chi connectivity index (χ3v) is 4.10. The zero-order valence-electron chi connectivity index (χ0n) is 11.5. The normalized spacial score (nSPS) is 25.9. The maximum atomic E-state index is 12.4. The number of rotatable bonds is 4. The van der Waals surface area contributed by atoms with Gasteiger partial charge >= 0.3 is 0 Å². The standard InChI is InChI=1S/C15H17ClN2O3/c16-10-3-5-11(6-4-10)18-14(19)8-13(15(18)20)17-9-12-2-1-7-21-12/h3-6,12-13,17H,1-2,7-9H2/t12-,13-/m1/s1. The van der Waals surface area contributed by atoms with Gasteiger partial charge in [-0.25, -0.2) is 4.90 Å². The molecule has 112 valence electrons. The van der Waals surface area contributed by atoms with E-state index in [-0.39, 0.29) is 24.3 Å². The maximum Gasteiger partial charge on any atom is 0.251 e. The number of hydrogen-bond acceptors (Lipinski definition) is 4. The largest absolute Gasteiger partial charge is 0.377 e. The molecule has 1 aromatic carbocycles. The van der Waals surface area contributed by atoms with Crippen molar-refractivity contribution in [3.63, 3.8) is 0 Å². The second-order valence-corrected chi connectivity index (χ2v) is 5.78. The van der Waals surface area contributed by atoms with Gasteiger partial charge < -0.3 is 10.1 Å². The number of benzene rings is 1. The van der Waals surface area contributed by atoms with Gasteiger partial charge in [0.1, 0.15) is 0 Å². The Hall–Kier alpha value is -1.43. The van der Waals surface area contributed by atoms with Crippen LogP contribution in [0.4, 0.5) is 5.69 Å². The van der Waals surface area contributed by atoms with E-state index >= 15 is 0 Å². The van der Waals surface area contributed by atoms with E-state index in [9.17, 15) is 9.59 Å². The number of carbonyl (C=O) groups excluding carboxylic acids is 2. The number of amides is 2. The number of anilines is 1. The van der Waals surface area contributed by atoms with E-state index in [1.165, 1.54) is 4.90 Å². The van der Waals surface area contributed by atoms with Crippen LogP contribution < -0.4 is 10.2 Å². The fraction of sp³-hybridized carbons (Fsp3) is 0.467. The van der Waals surface area contributed by atoms with Crippen LogP contribution >= 0.6 is 11.6 Å². The van der Waals surface area contributed by atoms with Gasteiger partial charge in [-0.15, -0.1) is 0 Å². The quantitative estimate of drug-likeness (QED) is 0.861. The molecule has 0 bridgehead atoms. The summed E-state index contributed by atoms with van der Waals surface area (Å²) in [6.45, 7) is 1.39. The Morgan fingerprint density at radius 1 is 1.29 bits per heavy atom. The molecule has 1 N–H and O–H groups in total. The average Bonchev–Trinajstić information content (AvgIpc) is 3.07. The predicted octanol–water partition coefficient (Wildman–Crippen LogP) is 1.74. The van der Waals surface area contributed by atoms with Crippen molar-refractivity contribution in [1.29, 1.82) is 0 Å². The number of hydrogen-bond donors (Lipinski definition) is 1. The Labute approximate surface area is 128 Å². The molecule has 2 aliphatic heterocycles. The fourth-order valence-electron chi connectivity index (χ4n) is 2.73. The lowest BCUT2D eigenvalue weighted by atomic mass is 10.2. The molecule has 5 nitrogen and oxygen atoms in total. The van der Waals surface area contributed by atoms with E-state index in [4.69, 9.17) is 16.3 Å². The zero-order valence-corrected chi connectivity index (χ0v) is 12.3. The summed E-state index contributed by atoms with van der Waals surface area (Å²) < 4.78 is 5.51. The van der Waals surface area contributed by atoms with Crippen LogP contribution in [0.25, 0.3) is 0 Å². The van der Waals surface area contributed by atoms with Gasteiger partial charge in [-0.05, 0) is 37.1 Å². The highest BCUT2D eigenvalue weighted by Crippen LogP contribution is 2.24. The van der Waals surface area contributed by atoms with Crippen LogP contribution in [0.5, 0.6) is 0 Å². The molecule has 0 aromatic heterocycles. The molecule has 6 heteroatoms. The number of carbonyl (C=O) groups is 2. The van der Waals surface area contributed by atoms with Crippen LogP contribution in [-0.4, -0.2) is 37.1 Å². The molecule has 2 atom stereocenters. The molecule has 2 aliphatic rings. The van der Waals surface area contributed by atoms with Crippen LogP contribution in [0.15, 0.2) is 24.3 Å². The number of nitrogens with one attached hydrogen (secondary N) is 1. The van der Waals surface area contributed by atoms with Gasteiger partial charge in [0.25, 0.3) is 5.91 Å². The highest BCUT2D eigenvalue weighted by molar-refractivity contribution is 6.30. The smallest absolute Gasteiger partial charge is 0.251 e. The van der Waals surface area contributed by atoms with Gasteiger partial charge in [0.05, 0.1) is 24.3 Å². The summed E-state index contributed by atoms with van der Waals surface area (Å²) in [5.74, 6) is -0.396. The molecular formula is C15H17ClN2O3. The molecule has 21 heavy (non-hydrogen) atoms. The minimum atomic E-state index is -0.461. The molecule has 0 radical (unpaired) electrons. The van der Waals surface area contributed by atoms with E-state index in [1.807, 2.05) is 0 Å². The van der Waals surface area contributed by atoms with Crippen molar-refractivity contribution in [3.05, 3.63) is 29.3 Å². The predicted molar refractivity (Wildman–Crippen MR) is 79.3 cm³/mol. The lowest BCUT2D eigenvalue weighted by Gasteiger charge is -2.17. The Bertz CT molecular complexity index is 540. The summed E-state index contributed by atoms with van der Waals surface area (Å²) in [6.07, 6.45) is 2.40. The molecule has 0 unspecified atom stereocenters. The van der Waals surface area contributed by atoms with Gasteiger partial charge in [-0.1, -0.05) is 11.6 Å². The molecular weight excluding hydrogens is 292 g/mol. The van der Waals surface area contributed by atoms with Gasteiger partial charge in [-0.2, -0.15) is 0 Å². The van der Waals surface area contributed by atoms with Crippen molar-refractivity contribution in [2.75, 3.05) is 18.1 Å². The van der Waals surface area contributed by atoms with E-state index < -0.39 is 6.04 Å². The van der Waals surface area contributed by atoms with Gasteiger partial charge in [0, 0.05) is 18.2 Å². The van der Waals surface area contributed by atoms with E-state index in [1.54, 1.807) is 24.3 Å². The first-order valence-electron chi connectivity index (χ1n) is 7.12. The Morgan fingerprint density at radius 3 is 2.71 bits per heavy atom. The lowest BCUT2D eigenvalue weighted by Crippen LogP contribution is -2.41. The topological polar surface area (TPSA) is 58.6 Å². The summed E-state index contributed by atoms with van der Waals surface area (Å²) in [7, 11) is 0. The van der Waals surface area contributed by atoms with E-state index in [0.717, 1.165) is 19.4 Å². The first kappa shape index (κ1) is 14.5. The molecule has 2 saturated heterocycles. The van der Waals surface area contributed by atoms with Crippen LogP contribution in [0.2, 0.25) is 5.02 Å². The Morgan fingerprint density at radius 2 is 2.05 bits per heavy atom. The number of nitrogens with zero attached hydrogens (tertiary/aromatic N) is 1. The highest BCUT2D eigenvalue weighted by Gasteiger charge is 2.39. The van der Waals surface area contributed by atoms with Crippen molar-refractivity contribution in [1.82, 2.24) is 5.32 Å². The highest BCUT2D eigenvalue weighted by atomic mass is 35.5. The molecule has 0 spiro atoms. The SMILES string of the molecule is O=C1C[C@@H](NC[C@H]2CCCO2)C(=O)N1c1ccc(Cl)cc1. The second kappa shape index (κ2) is 6.13. The minimum Gasteiger partial charge on any atom is -0.377 e. The van der Waals surface area contributed by atoms with Crippen molar-refractivity contribution >= 4 is 29.1 Å². The maximum absolute atomic E-state index is 12.4. The van der Waals surface area contributed by atoms with Crippen molar-refractivity contribution in [3.8, 4) is 0 Å². The van der Waals surface area contributed by atoms with Crippen molar-refractivity contribution in [2.24, 2.45) is 0 Å². The molecule has 2 amide bonds. The third kappa shape index (κ3) is 3.10. The minimum absolute atomic E-state index is 0.150. The van der Waals surface area contributed by atoms with Crippen LogP contribution in [-0.2, 0) is 14.3 Å². The molecule has 3 rings (SSSR count). The Kier molecular flexibility index (Phi) is 4.24. The van der Waals surface area contributed by atoms with Gasteiger partial charge in [-0.3, -0.25) is 9.59 Å². The molecule has 1 aromatic rings. The molecule has 2 fully saturated rings. The first-order valence-corrected chi connectivity index (χ1v) is 7.50. The monoisotopic (exact) mass is 308 g/mol. The van der Waals surface area contributed by atoms with Gasteiger partial charge in [0.15, 0.2) is 0 Å². The Balaban J connectivity index is 1.65. The second-order valence-electron chi connectivity index (χ2n) is 5.34. The summed E-state index contributed by atoms with van der Waals surface area (Å²) in [5.41, 5.74) is 0.566. The van der Waals surface area contributed by atoms with Crippen LogP contribution in [0, 0.1) is 0 Å².